The Morgan fingerprint density at radius 1 is 1.20 bits per heavy atom. The van der Waals surface area contributed by atoms with Gasteiger partial charge in [-0.05, 0) is 36.6 Å². The number of ether oxygens (including phenoxy) is 1. The van der Waals surface area contributed by atoms with Crippen LogP contribution < -0.4 is 10.1 Å². The first-order valence-corrected chi connectivity index (χ1v) is 8.48. The molecular formula is C20H23N3O2. The molecule has 5 heteroatoms. The molecule has 1 amide bonds. The molecule has 0 aliphatic rings. The van der Waals surface area contributed by atoms with Gasteiger partial charge in [0.25, 0.3) is 0 Å². The van der Waals surface area contributed by atoms with Crippen molar-refractivity contribution < 1.29 is 9.53 Å². The van der Waals surface area contributed by atoms with Crippen molar-refractivity contribution in [2.24, 2.45) is 0 Å². The van der Waals surface area contributed by atoms with Gasteiger partial charge in [-0.25, -0.2) is 0 Å². The summed E-state index contributed by atoms with van der Waals surface area (Å²) in [6.07, 6.45) is 3.08. The number of nitrogens with zero attached hydrogens (tertiary/aromatic N) is 2. The van der Waals surface area contributed by atoms with Gasteiger partial charge in [-0.3, -0.25) is 9.48 Å². The fourth-order valence-electron chi connectivity index (χ4n) is 2.93. The Morgan fingerprint density at radius 3 is 2.76 bits per heavy atom. The van der Waals surface area contributed by atoms with Crippen molar-refractivity contribution in [3.63, 3.8) is 0 Å². The topological polar surface area (TPSA) is 56.1 Å². The van der Waals surface area contributed by atoms with E-state index in [0.717, 1.165) is 23.1 Å². The second-order valence-corrected chi connectivity index (χ2v) is 6.08. The number of carbonyl (C=O) groups excluding carboxylic acids is 1. The molecule has 0 aliphatic carbocycles. The van der Waals surface area contributed by atoms with Crippen molar-refractivity contribution in [1.29, 1.82) is 0 Å². The summed E-state index contributed by atoms with van der Waals surface area (Å²) >= 11 is 0. The molecule has 3 aromatic rings. The highest BCUT2D eigenvalue weighted by Gasteiger charge is 2.07. The van der Waals surface area contributed by atoms with Crippen molar-refractivity contribution in [2.75, 3.05) is 13.7 Å². The lowest BCUT2D eigenvalue weighted by Crippen LogP contribution is -2.26. The van der Waals surface area contributed by atoms with E-state index >= 15 is 0 Å². The van der Waals surface area contributed by atoms with Crippen molar-refractivity contribution in [2.45, 2.75) is 26.3 Å². The fraction of sp³-hybridized carbons (Fsp3) is 0.300. The maximum atomic E-state index is 12.1. The predicted molar refractivity (Wildman–Crippen MR) is 98.8 cm³/mol. The molecule has 1 aromatic heterocycles. The van der Waals surface area contributed by atoms with Crippen LogP contribution in [0.4, 0.5) is 0 Å². The molecule has 25 heavy (non-hydrogen) atoms. The van der Waals surface area contributed by atoms with E-state index in [9.17, 15) is 4.79 Å². The molecule has 2 aromatic carbocycles. The van der Waals surface area contributed by atoms with Crippen molar-refractivity contribution in [3.8, 4) is 5.75 Å². The molecule has 0 unspecified atom stereocenters. The highest BCUT2D eigenvalue weighted by Crippen LogP contribution is 2.17. The third-order valence-corrected chi connectivity index (χ3v) is 4.31. The number of hydrogen-bond acceptors (Lipinski definition) is 3. The zero-order chi connectivity index (χ0) is 17.6. The van der Waals surface area contributed by atoms with Crippen LogP contribution in [0.3, 0.4) is 0 Å². The molecule has 0 saturated heterocycles. The summed E-state index contributed by atoms with van der Waals surface area (Å²) in [5.74, 6) is 0.889. The van der Waals surface area contributed by atoms with Crippen LogP contribution in [0, 0.1) is 6.92 Å². The third-order valence-electron chi connectivity index (χ3n) is 4.31. The lowest BCUT2D eigenvalue weighted by molar-refractivity contribution is -0.121. The zero-order valence-electron chi connectivity index (χ0n) is 14.7. The van der Waals surface area contributed by atoms with Crippen LogP contribution in [0.25, 0.3) is 10.9 Å². The maximum absolute atomic E-state index is 12.1. The summed E-state index contributed by atoms with van der Waals surface area (Å²) in [5.41, 5.74) is 3.46. The lowest BCUT2D eigenvalue weighted by Gasteiger charge is -2.08. The molecular weight excluding hydrogens is 314 g/mol. The summed E-state index contributed by atoms with van der Waals surface area (Å²) in [4.78, 5) is 12.1. The smallest absolute Gasteiger partial charge is 0.221 e. The van der Waals surface area contributed by atoms with Gasteiger partial charge >= 0.3 is 0 Å². The minimum absolute atomic E-state index is 0.0470. The Balaban J connectivity index is 1.47. The summed E-state index contributed by atoms with van der Waals surface area (Å²) in [6.45, 7) is 3.28. The molecule has 3 rings (SSSR count). The zero-order valence-corrected chi connectivity index (χ0v) is 14.7. The van der Waals surface area contributed by atoms with Crippen LogP contribution in [0.5, 0.6) is 5.75 Å². The Labute approximate surface area is 147 Å². The molecule has 0 atom stereocenters. The molecule has 5 nitrogen and oxygen atoms in total. The molecule has 0 bridgehead atoms. The minimum atomic E-state index is 0.0470. The first-order chi connectivity index (χ1) is 12.2. The maximum Gasteiger partial charge on any atom is 0.221 e. The number of rotatable bonds is 7. The van der Waals surface area contributed by atoms with E-state index in [0.29, 0.717) is 19.5 Å². The van der Waals surface area contributed by atoms with Crippen LogP contribution in [0.15, 0.2) is 48.7 Å². The van der Waals surface area contributed by atoms with E-state index < -0.39 is 0 Å². The number of fused-ring (bicyclic) bond motifs is 1. The van der Waals surface area contributed by atoms with Gasteiger partial charge in [-0.2, -0.15) is 5.10 Å². The summed E-state index contributed by atoms with van der Waals surface area (Å²) in [7, 11) is 1.65. The molecule has 0 saturated carbocycles. The molecule has 0 spiro atoms. The Morgan fingerprint density at radius 2 is 2.00 bits per heavy atom. The van der Waals surface area contributed by atoms with E-state index in [2.05, 4.69) is 23.4 Å². The third kappa shape index (κ3) is 4.18. The van der Waals surface area contributed by atoms with Crippen molar-refractivity contribution in [3.05, 3.63) is 59.8 Å². The number of methoxy groups -OCH3 is 1. The molecule has 130 valence electrons. The lowest BCUT2D eigenvalue weighted by atomic mass is 10.1. The van der Waals surface area contributed by atoms with Crippen LogP contribution in [0.2, 0.25) is 0 Å². The van der Waals surface area contributed by atoms with E-state index in [4.69, 9.17) is 4.74 Å². The van der Waals surface area contributed by atoms with Gasteiger partial charge in [0.05, 0.1) is 25.4 Å². The SMILES string of the molecule is COc1ccc(CCNC(=O)CCn2ncc3cccc(C)c32)cc1. The van der Waals surface area contributed by atoms with E-state index in [1.54, 1.807) is 7.11 Å². The van der Waals surface area contributed by atoms with Crippen LogP contribution in [-0.4, -0.2) is 29.3 Å². The number of benzene rings is 2. The fourth-order valence-corrected chi connectivity index (χ4v) is 2.93. The second-order valence-electron chi connectivity index (χ2n) is 6.08. The molecule has 0 fully saturated rings. The van der Waals surface area contributed by atoms with E-state index in [1.807, 2.05) is 47.3 Å². The Bertz CT molecular complexity index is 853. The number of carbonyl (C=O) groups is 1. The number of aryl methyl sites for hydroxylation is 2. The van der Waals surface area contributed by atoms with Crippen LogP contribution in [-0.2, 0) is 17.8 Å². The monoisotopic (exact) mass is 337 g/mol. The van der Waals surface area contributed by atoms with Gasteiger partial charge < -0.3 is 10.1 Å². The molecule has 1 N–H and O–H groups in total. The van der Waals surface area contributed by atoms with Crippen molar-refractivity contribution in [1.82, 2.24) is 15.1 Å². The average Bonchev–Trinajstić information content (AvgIpc) is 3.05. The minimum Gasteiger partial charge on any atom is -0.497 e. The normalized spacial score (nSPS) is 10.8. The van der Waals surface area contributed by atoms with Crippen molar-refractivity contribution >= 4 is 16.8 Å². The van der Waals surface area contributed by atoms with Crippen LogP contribution >= 0.6 is 0 Å². The summed E-state index contributed by atoms with van der Waals surface area (Å²) in [6, 6.07) is 14.0. The first-order valence-electron chi connectivity index (χ1n) is 8.48. The van der Waals surface area contributed by atoms with Gasteiger partial charge in [-0.1, -0.05) is 30.3 Å². The highest BCUT2D eigenvalue weighted by atomic mass is 16.5. The quantitative estimate of drug-likeness (QED) is 0.721. The van der Waals surface area contributed by atoms with E-state index in [-0.39, 0.29) is 5.91 Å². The van der Waals surface area contributed by atoms with Gasteiger partial charge in [0.2, 0.25) is 5.91 Å². The summed E-state index contributed by atoms with van der Waals surface area (Å²) in [5, 5.41) is 8.48. The first kappa shape index (κ1) is 17.0. The Kier molecular flexibility index (Phi) is 5.33. The largest absolute Gasteiger partial charge is 0.497 e. The number of amides is 1. The molecule has 1 heterocycles. The summed E-state index contributed by atoms with van der Waals surface area (Å²) < 4.78 is 7.05. The predicted octanol–water partition coefficient (Wildman–Crippen LogP) is 3.10. The van der Waals surface area contributed by atoms with Crippen LogP contribution in [0.1, 0.15) is 17.5 Å². The van der Waals surface area contributed by atoms with Gasteiger partial charge in [0.15, 0.2) is 0 Å². The van der Waals surface area contributed by atoms with Gasteiger partial charge in [-0.15, -0.1) is 0 Å². The number of para-hydroxylation sites is 1. The molecule has 0 radical (unpaired) electrons. The number of hydrogen-bond donors (Lipinski definition) is 1. The second kappa shape index (κ2) is 7.83. The average molecular weight is 337 g/mol. The van der Waals surface area contributed by atoms with E-state index in [1.165, 1.54) is 11.1 Å². The number of aromatic nitrogens is 2. The molecule has 0 aliphatic heterocycles. The van der Waals surface area contributed by atoms with Gasteiger partial charge in [0.1, 0.15) is 5.75 Å². The number of nitrogens with one attached hydrogen (secondary N) is 1. The Hall–Kier alpha value is -2.82. The van der Waals surface area contributed by atoms with Gasteiger partial charge in [0, 0.05) is 18.4 Å². The standard InChI is InChI=1S/C20H23N3O2/c1-15-4-3-5-17-14-22-23(20(15)17)13-11-19(24)21-12-10-16-6-8-18(25-2)9-7-16/h3-9,14H,10-13H2,1-2H3,(H,21,24). The highest BCUT2D eigenvalue weighted by molar-refractivity contribution is 5.82.